The van der Waals surface area contributed by atoms with Gasteiger partial charge in [0.25, 0.3) is 0 Å². The SMILES string of the molecule is CCCCCCCCCCCCCCCCCC=CC(=O)[O-].CCCCCCCCCCCCCCCCCC=CC(=O)[O-].CCCCCCCCCCCCCCCCCC=CC(=O)[O-].[In+3]. The second kappa shape index (κ2) is 68.8. The fourth-order valence-electron chi connectivity index (χ4n) is 8.44. The third-order valence-electron chi connectivity index (χ3n) is 12.7. The molecule has 0 fully saturated rings. The van der Waals surface area contributed by atoms with Crippen molar-refractivity contribution in [2.24, 2.45) is 0 Å². The van der Waals surface area contributed by atoms with Crippen molar-refractivity contribution >= 4 is 43.8 Å². The summed E-state index contributed by atoms with van der Waals surface area (Å²) in [5.74, 6) is -3.25. The van der Waals surface area contributed by atoms with E-state index in [1.54, 1.807) is 18.2 Å². The van der Waals surface area contributed by atoms with E-state index >= 15 is 0 Å². The van der Waals surface area contributed by atoms with Gasteiger partial charge < -0.3 is 29.7 Å². The Kier molecular flexibility index (Phi) is 73.9. The summed E-state index contributed by atoms with van der Waals surface area (Å²) in [6.07, 6.45) is 72.5. The number of carboxylic acids is 3. The molecule has 0 radical (unpaired) electrons. The minimum Gasteiger partial charge on any atom is -0.545 e. The fraction of sp³-hybridized carbons (Fsp3) is 0.850. The van der Waals surface area contributed by atoms with Crippen LogP contribution in [0.2, 0.25) is 0 Å². The van der Waals surface area contributed by atoms with Crippen molar-refractivity contribution < 1.29 is 29.7 Å². The maximum Gasteiger partial charge on any atom is 3.00 e. The number of aliphatic carboxylic acids is 3. The minimum atomic E-state index is -1.08. The smallest absolute Gasteiger partial charge is 0.545 e. The molecule has 0 aromatic heterocycles. The number of hydrogen-bond acceptors (Lipinski definition) is 6. The van der Waals surface area contributed by atoms with Gasteiger partial charge in [-0.2, -0.15) is 0 Å². The molecule has 0 rings (SSSR count). The molecule has 0 aliphatic heterocycles. The van der Waals surface area contributed by atoms with Crippen molar-refractivity contribution in [1.29, 1.82) is 0 Å². The van der Waals surface area contributed by atoms with Crippen LogP contribution >= 0.6 is 0 Å². The Labute approximate surface area is 436 Å². The summed E-state index contributed by atoms with van der Waals surface area (Å²) in [4.78, 5) is 30.5. The number of carboxylic acid groups (broad SMARTS) is 3. The first-order chi connectivity index (χ1) is 32.3. The van der Waals surface area contributed by atoms with Crippen LogP contribution in [0.1, 0.15) is 329 Å². The second-order valence-electron chi connectivity index (χ2n) is 19.4. The van der Waals surface area contributed by atoms with E-state index in [1.807, 2.05) is 0 Å². The zero-order valence-electron chi connectivity index (χ0n) is 44.9. The predicted octanol–water partition coefficient (Wildman–Crippen LogP) is 16.3. The van der Waals surface area contributed by atoms with Crippen LogP contribution in [0.15, 0.2) is 36.5 Å². The fourth-order valence-corrected chi connectivity index (χ4v) is 8.44. The maximum atomic E-state index is 10.2. The van der Waals surface area contributed by atoms with Crippen LogP contribution in [0, 0.1) is 0 Å². The number of allylic oxidation sites excluding steroid dienone is 3. The molecule has 0 N–H and O–H groups in total. The molecule has 0 spiro atoms. The summed E-state index contributed by atoms with van der Waals surface area (Å²) in [5.41, 5.74) is 0. The molecule has 0 atom stereocenters. The summed E-state index contributed by atoms with van der Waals surface area (Å²) in [7, 11) is 0. The van der Waals surface area contributed by atoms with Crippen LogP contribution in [-0.4, -0.2) is 43.8 Å². The first-order valence-electron chi connectivity index (χ1n) is 28.9. The quantitative estimate of drug-likeness (QED) is 0.0442. The molecule has 67 heavy (non-hydrogen) atoms. The molecule has 0 aliphatic rings. The van der Waals surface area contributed by atoms with Crippen LogP contribution in [0.4, 0.5) is 0 Å². The Morgan fingerprint density at radius 2 is 0.358 bits per heavy atom. The number of hydrogen-bond donors (Lipinski definition) is 0. The van der Waals surface area contributed by atoms with Gasteiger partial charge in [-0.3, -0.25) is 0 Å². The van der Waals surface area contributed by atoms with Crippen LogP contribution in [-0.2, 0) is 14.4 Å². The normalized spacial score (nSPS) is 11.1. The molecule has 6 nitrogen and oxygen atoms in total. The van der Waals surface area contributed by atoms with Crippen LogP contribution < -0.4 is 15.3 Å². The Hall–Kier alpha value is -1.50. The maximum absolute atomic E-state index is 10.2. The molecular formula is C60H111InO6. The van der Waals surface area contributed by atoms with E-state index in [2.05, 4.69) is 20.8 Å². The molecule has 0 unspecified atom stereocenters. The Balaban J connectivity index is -0.000000441. The predicted molar refractivity (Wildman–Crippen MR) is 287 cm³/mol. The standard InChI is InChI=1S/3C20H38O2.In/c3*1-2-3-4-5-6-7-8-9-10-11-12-13-14-15-16-17-18-19-20(21)22;/h3*18-19H,2-17H2,1H3,(H,21,22);/q;;;+3/p-3. The van der Waals surface area contributed by atoms with Gasteiger partial charge in [0.2, 0.25) is 0 Å². The van der Waals surface area contributed by atoms with Gasteiger partial charge in [-0.1, -0.05) is 309 Å². The van der Waals surface area contributed by atoms with Crippen molar-refractivity contribution in [2.45, 2.75) is 329 Å². The van der Waals surface area contributed by atoms with Gasteiger partial charge in [-0.05, 0) is 56.8 Å². The van der Waals surface area contributed by atoms with Crippen molar-refractivity contribution in [1.82, 2.24) is 0 Å². The summed E-state index contributed by atoms with van der Waals surface area (Å²) in [5, 5.41) is 30.5. The average Bonchev–Trinajstić information content (AvgIpc) is 3.29. The van der Waals surface area contributed by atoms with Gasteiger partial charge in [0.05, 0.1) is 17.9 Å². The molecular weight excluding hydrogens is 931 g/mol. The molecule has 0 amide bonds. The average molecular weight is 1040 g/mol. The van der Waals surface area contributed by atoms with E-state index in [1.165, 1.54) is 270 Å². The van der Waals surface area contributed by atoms with Gasteiger partial charge in [0.1, 0.15) is 0 Å². The second-order valence-corrected chi connectivity index (χ2v) is 19.4. The van der Waals surface area contributed by atoms with E-state index in [0.29, 0.717) is 0 Å². The molecule has 0 bridgehead atoms. The first-order valence-corrected chi connectivity index (χ1v) is 28.9. The number of carbonyl (C=O) groups is 3. The monoisotopic (exact) mass is 1040 g/mol. The molecule has 0 saturated heterocycles. The van der Waals surface area contributed by atoms with Crippen molar-refractivity contribution in [3.8, 4) is 0 Å². The van der Waals surface area contributed by atoms with Crippen LogP contribution in [0.3, 0.4) is 0 Å². The summed E-state index contributed by atoms with van der Waals surface area (Å²) >= 11 is 0. The van der Waals surface area contributed by atoms with E-state index in [9.17, 15) is 29.7 Å². The van der Waals surface area contributed by atoms with E-state index in [4.69, 9.17) is 0 Å². The molecule has 7 heteroatoms. The van der Waals surface area contributed by atoms with Gasteiger partial charge in [0, 0.05) is 0 Å². The van der Waals surface area contributed by atoms with E-state index in [-0.39, 0.29) is 25.8 Å². The summed E-state index contributed by atoms with van der Waals surface area (Å²) in [6, 6.07) is 0. The summed E-state index contributed by atoms with van der Waals surface area (Å²) < 4.78 is 0. The molecule has 0 aromatic rings. The number of unbranched alkanes of at least 4 members (excludes halogenated alkanes) is 45. The third kappa shape index (κ3) is 81.8. The summed E-state index contributed by atoms with van der Waals surface area (Å²) in [6.45, 7) is 6.82. The Morgan fingerprint density at radius 1 is 0.239 bits per heavy atom. The van der Waals surface area contributed by atoms with Crippen LogP contribution in [0.25, 0.3) is 0 Å². The van der Waals surface area contributed by atoms with Gasteiger partial charge in [0.15, 0.2) is 0 Å². The topological polar surface area (TPSA) is 120 Å². The molecule has 0 heterocycles. The Morgan fingerprint density at radius 3 is 0.478 bits per heavy atom. The van der Waals surface area contributed by atoms with Gasteiger partial charge >= 0.3 is 25.8 Å². The number of carbonyl (C=O) groups excluding carboxylic acids is 3. The first kappa shape index (κ1) is 72.0. The number of rotatable bonds is 51. The molecule has 390 valence electrons. The zero-order chi connectivity index (χ0) is 48.9. The largest absolute Gasteiger partial charge is 3.00 e. The Bertz CT molecular complexity index is 911. The molecule has 0 saturated carbocycles. The van der Waals surface area contributed by atoms with Crippen LogP contribution in [0.5, 0.6) is 0 Å². The van der Waals surface area contributed by atoms with Crippen molar-refractivity contribution in [2.75, 3.05) is 0 Å². The van der Waals surface area contributed by atoms with Gasteiger partial charge in [-0.25, -0.2) is 0 Å². The van der Waals surface area contributed by atoms with Gasteiger partial charge in [-0.15, -0.1) is 0 Å². The van der Waals surface area contributed by atoms with E-state index < -0.39 is 17.9 Å². The zero-order valence-corrected chi connectivity index (χ0v) is 48.2. The third-order valence-corrected chi connectivity index (χ3v) is 12.7. The molecule has 0 aromatic carbocycles. The van der Waals surface area contributed by atoms with E-state index in [0.717, 1.165) is 56.8 Å². The minimum absolute atomic E-state index is 0. The van der Waals surface area contributed by atoms with Crippen molar-refractivity contribution in [3.05, 3.63) is 36.5 Å². The van der Waals surface area contributed by atoms with Crippen molar-refractivity contribution in [3.63, 3.8) is 0 Å². The molecule has 0 aliphatic carbocycles.